The second kappa shape index (κ2) is 6.96. The van der Waals surface area contributed by atoms with Crippen molar-refractivity contribution in [1.29, 1.82) is 0 Å². The van der Waals surface area contributed by atoms with Crippen LogP contribution in [0.3, 0.4) is 0 Å². The van der Waals surface area contributed by atoms with Gasteiger partial charge in [-0.1, -0.05) is 17.7 Å². The molecule has 1 aromatic heterocycles. The molecule has 0 spiro atoms. The van der Waals surface area contributed by atoms with Crippen molar-refractivity contribution >= 4 is 40.2 Å². The number of hydrogen-bond acceptors (Lipinski definition) is 6. The minimum absolute atomic E-state index is 0.661. The SMILES string of the molecule is C[C@H]1CCCN1Cc1ccc(SNc2ncns2)cc1Cl. The van der Waals surface area contributed by atoms with Gasteiger partial charge in [0.1, 0.15) is 6.33 Å². The van der Waals surface area contributed by atoms with E-state index in [1.165, 1.54) is 48.4 Å². The maximum atomic E-state index is 6.42. The fourth-order valence-corrected chi connectivity index (χ4v) is 3.93. The van der Waals surface area contributed by atoms with Gasteiger partial charge in [0.25, 0.3) is 0 Å². The molecule has 0 unspecified atom stereocenters. The van der Waals surface area contributed by atoms with Crippen LogP contribution in [0.4, 0.5) is 5.13 Å². The molecule has 1 aromatic carbocycles. The lowest BCUT2D eigenvalue weighted by atomic mass is 10.2. The van der Waals surface area contributed by atoms with Crippen LogP contribution < -0.4 is 4.72 Å². The molecule has 1 aliphatic rings. The first-order valence-corrected chi connectivity index (χ1v) is 8.91. The number of aromatic nitrogens is 2. The molecular weight excluding hydrogens is 324 g/mol. The molecule has 1 N–H and O–H groups in total. The molecule has 112 valence electrons. The van der Waals surface area contributed by atoms with E-state index >= 15 is 0 Å². The number of likely N-dealkylation sites (tertiary alicyclic amines) is 1. The summed E-state index contributed by atoms with van der Waals surface area (Å²) < 4.78 is 7.11. The van der Waals surface area contributed by atoms with Gasteiger partial charge >= 0.3 is 0 Å². The van der Waals surface area contributed by atoms with Crippen molar-refractivity contribution in [3.05, 3.63) is 35.1 Å². The number of hydrogen-bond donors (Lipinski definition) is 1. The molecule has 7 heteroatoms. The standard InChI is InChI=1S/C14H17ClN4S2/c1-10-3-2-6-19(10)8-11-4-5-12(7-13(11)15)20-18-14-16-9-17-21-14/h4-5,7,9-10H,2-3,6,8H2,1H3,(H,16,17,18)/t10-/m0/s1. The second-order valence-electron chi connectivity index (χ2n) is 5.17. The van der Waals surface area contributed by atoms with Crippen molar-refractivity contribution in [3.8, 4) is 0 Å². The molecule has 4 nitrogen and oxygen atoms in total. The van der Waals surface area contributed by atoms with E-state index in [2.05, 4.69) is 38.0 Å². The first kappa shape index (κ1) is 15.1. The van der Waals surface area contributed by atoms with E-state index in [-0.39, 0.29) is 0 Å². The highest BCUT2D eigenvalue weighted by molar-refractivity contribution is 8.00. The topological polar surface area (TPSA) is 41.0 Å². The van der Waals surface area contributed by atoms with Crippen LogP contribution in [0.2, 0.25) is 5.02 Å². The van der Waals surface area contributed by atoms with Crippen molar-refractivity contribution in [1.82, 2.24) is 14.3 Å². The fraction of sp³-hybridized carbons (Fsp3) is 0.429. The van der Waals surface area contributed by atoms with Crippen LogP contribution in [-0.2, 0) is 6.54 Å². The number of anilines is 1. The van der Waals surface area contributed by atoms with Crippen LogP contribution in [0, 0.1) is 0 Å². The van der Waals surface area contributed by atoms with Crippen LogP contribution >= 0.6 is 35.1 Å². The van der Waals surface area contributed by atoms with Crippen molar-refractivity contribution < 1.29 is 0 Å². The van der Waals surface area contributed by atoms with Crippen molar-refractivity contribution in [3.63, 3.8) is 0 Å². The van der Waals surface area contributed by atoms with Gasteiger partial charge in [0.15, 0.2) is 0 Å². The molecule has 1 atom stereocenters. The summed E-state index contributed by atoms with van der Waals surface area (Å²) in [6.07, 6.45) is 4.12. The molecule has 0 saturated carbocycles. The minimum Gasteiger partial charge on any atom is -0.300 e. The van der Waals surface area contributed by atoms with Crippen LogP contribution in [0.1, 0.15) is 25.3 Å². The Labute approximate surface area is 138 Å². The zero-order chi connectivity index (χ0) is 14.7. The monoisotopic (exact) mass is 340 g/mol. The highest BCUT2D eigenvalue weighted by atomic mass is 35.5. The lowest BCUT2D eigenvalue weighted by molar-refractivity contribution is 0.260. The molecule has 0 amide bonds. The molecular formula is C14H17ClN4S2. The zero-order valence-corrected chi connectivity index (χ0v) is 14.1. The van der Waals surface area contributed by atoms with E-state index in [0.29, 0.717) is 6.04 Å². The van der Waals surface area contributed by atoms with E-state index in [4.69, 9.17) is 11.6 Å². The van der Waals surface area contributed by atoms with Gasteiger partial charge < -0.3 is 4.72 Å². The fourth-order valence-electron chi connectivity index (χ4n) is 2.49. The summed E-state index contributed by atoms with van der Waals surface area (Å²) in [5, 5.41) is 1.63. The van der Waals surface area contributed by atoms with Crippen LogP contribution in [0.15, 0.2) is 29.4 Å². The average Bonchev–Trinajstić information content (AvgIpc) is 3.12. The highest BCUT2D eigenvalue weighted by Gasteiger charge is 2.20. The average molecular weight is 341 g/mol. The Bertz CT molecular complexity index is 591. The summed E-state index contributed by atoms with van der Waals surface area (Å²) in [5.41, 5.74) is 1.20. The Morgan fingerprint density at radius 1 is 1.52 bits per heavy atom. The van der Waals surface area contributed by atoms with E-state index in [1.54, 1.807) is 6.33 Å². The Hall–Kier alpha value is -0.820. The summed E-state index contributed by atoms with van der Waals surface area (Å²) in [5.74, 6) is 0. The molecule has 1 fully saturated rings. The van der Waals surface area contributed by atoms with E-state index in [9.17, 15) is 0 Å². The lowest BCUT2D eigenvalue weighted by Crippen LogP contribution is -2.26. The van der Waals surface area contributed by atoms with Gasteiger partial charge in [0, 0.05) is 34.0 Å². The molecule has 21 heavy (non-hydrogen) atoms. The van der Waals surface area contributed by atoms with Gasteiger partial charge in [-0.2, -0.15) is 4.37 Å². The lowest BCUT2D eigenvalue weighted by Gasteiger charge is -2.21. The molecule has 1 saturated heterocycles. The summed E-state index contributed by atoms with van der Waals surface area (Å²) in [6.45, 7) is 4.40. The largest absolute Gasteiger partial charge is 0.300 e. The summed E-state index contributed by atoms with van der Waals surface area (Å²) in [6, 6.07) is 6.89. The Morgan fingerprint density at radius 3 is 3.10 bits per heavy atom. The van der Waals surface area contributed by atoms with Gasteiger partial charge in [-0.15, -0.1) is 0 Å². The van der Waals surface area contributed by atoms with E-state index < -0.39 is 0 Å². The van der Waals surface area contributed by atoms with Gasteiger partial charge in [0.05, 0.1) is 0 Å². The van der Waals surface area contributed by atoms with Crippen LogP contribution in [0.25, 0.3) is 0 Å². The van der Waals surface area contributed by atoms with E-state index in [0.717, 1.165) is 21.6 Å². The van der Waals surface area contributed by atoms with Crippen LogP contribution in [-0.4, -0.2) is 26.8 Å². The first-order valence-electron chi connectivity index (χ1n) is 6.94. The molecule has 0 bridgehead atoms. The molecule has 3 rings (SSSR count). The zero-order valence-electron chi connectivity index (χ0n) is 11.8. The highest BCUT2D eigenvalue weighted by Crippen LogP contribution is 2.28. The Balaban J connectivity index is 1.62. The number of rotatable bonds is 5. The summed E-state index contributed by atoms with van der Waals surface area (Å²) in [4.78, 5) is 7.65. The summed E-state index contributed by atoms with van der Waals surface area (Å²) >= 11 is 9.27. The smallest absolute Gasteiger partial charge is 0.212 e. The third kappa shape index (κ3) is 3.88. The van der Waals surface area contributed by atoms with Gasteiger partial charge in [-0.25, -0.2) is 4.98 Å². The van der Waals surface area contributed by atoms with Gasteiger partial charge in [0.2, 0.25) is 5.13 Å². The second-order valence-corrected chi connectivity index (χ2v) is 7.23. The Kier molecular flexibility index (Phi) is 5.00. The van der Waals surface area contributed by atoms with Crippen molar-refractivity contribution in [2.24, 2.45) is 0 Å². The van der Waals surface area contributed by atoms with Crippen LogP contribution in [0.5, 0.6) is 0 Å². The quantitative estimate of drug-likeness (QED) is 0.822. The number of nitrogens with one attached hydrogen (secondary N) is 1. The molecule has 0 radical (unpaired) electrons. The molecule has 0 aliphatic carbocycles. The number of halogens is 1. The van der Waals surface area contributed by atoms with Gasteiger partial charge in [-0.3, -0.25) is 4.90 Å². The molecule has 2 heterocycles. The third-order valence-corrected chi connectivity index (χ3v) is 5.55. The molecule has 1 aliphatic heterocycles. The van der Waals surface area contributed by atoms with Gasteiger partial charge in [-0.05, 0) is 56.0 Å². The minimum atomic E-state index is 0.661. The maximum absolute atomic E-state index is 6.42. The van der Waals surface area contributed by atoms with E-state index in [1.807, 2.05) is 6.07 Å². The Morgan fingerprint density at radius 2 is 2.43 bits per heavy atom. The predicted molar refractivity (Wildman–Crippen MR) is 89.9 cm³/mol. The first-order chi connectivity index (χ1) is 10.2. The van der Waals surface area contributed by atoms with Crippen molar-refractivity contribution in [2.75, 3.05) is 11.3 Å². The number of nitrogens with zero attached hydrogens (tertiary/aromatic N) is 3. The predicted octanol–water partition coefficient (Wildman–Crippen LogP) is 4.30. The normalized spacial score (nSPS) is 19.0. The summed E-state index contributed by atoms with van der Waals surface area (Å²) in [7, 11) is 0. The third-order valence-electron chi connectivity index (χ3n) is 3.71. The van der Waals surface area contributed by atoms with Crippen molar-refractivity contribution in [2.45, 2.75) is 37.2 Å². The number of benzene rings is 1. The maximum Gasteiger partial charge on any atom is 0.212 e. The molecule has 2 aromatic rings.